The van der Waals surface area contributed by atoms with Gasteiger partial charge in [-0.3, -0.25) is 0 Å². The molecular formula is C15H25IN4O2. The van der Waals surface area contributed by atoms with Crippen LogP contribution in [-0.2, 0) is 11.3 Å². The van der Waals surface area contributed by atoms with Crippen molar-refractivity contribution in [3.8, 4) is 5.88 Å². The van der Waals surface area contributed by atoms with Gasteiger partial charge in [0.05, 0.1) is 19.8 Å². The van der Waals surface area contributed by atoms with Gasteiger partial charge in [-0.25, -0.2) is 9.98 Å². The Labute approximate surface area is 149 Å². The average molecular weight is 420 g/mol. The van der Waals surface area contributed by atoms with Gasteiger partial charge in [0.25, 0.3) is 0 Å². The van der Waals surface area contributed by atoms with Crippen molar-refractivity contribution in [1.29, 1.82) is 0 Å². The molecule has 0 aliphatic carbocycles. The standard InChI is InChI=1S/C15H24N4O2.HI/c1-3-19(4-2)15(16)18-10-12-5-7-17-14(9-12)21-13-6-8-20-11-13;/h5,7,9,13H,3-4,6,8,10-11H2,1-2H3,(H2,16,18);1H. The Morgan fingerprint density at radius 1 is 1.50 bits per heavy atom. The van der Waals surface area contributed by atoms with Crippen molar-refractivity contribution in [2.45, 2.75) is 32.9 Å². The van der Waals surface area contributed by atoms with E-state index in [4.69, 9.17) is 15.2 Å². The van der Waals surface area contributed by atoms with Crippen LogP contribution in [0.15, 0.2) is 23.3 Å². The molecule has 1 atom stereocenters. The van der Waals surface area contributed by atoms with Gasteiger partial charge in [-0.2, -0.15) is 0 Å². The van der Waals surface area contributed by atoms with Crippen molar-refractivity contribution >= 4 is 29.9 Å². The molecule has 1 aromatic rings. The predicted octanol–water partition coefficient (Wildman–Crippen LogP) is 2.02. The zero-order chi connectivity index (χ0) is 15.1. The third-order valence-corrected chi connectivity index (χ3v) is 3.49. The number of rotatable bonds is 6. The van der Waals surface area contributed by atoms with Crippen LogP contribution in [0.1, 0.15) is 25.8 Å². The molecule has 0 aromatic carbocycles. The number of nitrogens with two attached hydrogens (primary N) is 1. The van der Waals surface area contributed by atoms with Crippen molar-refractivity contribution in [3.63, 3.8) is 0 Å². The molecule has 1 aromatic heterocycles. The van der Waals surface area contributed by atoms with Gasteiger partial charge in [0.15, 0.2) is 5.96 Å². The van der Waals surface area contributed by atoms with E-state index < -0.39 is 0 Å². The maximum atomic E-state index is 5.97. The van der Waals surface area contributed by atoms with E-state index in [1.165, 1.54) is 0 Å². The summed E-state index contributed by atoms with van der Waals surface area (Å²) in [6.45, 7) is 7.77. The number of aliphatic imine (C=N–C) groups is 1. The van der Waals surface area contributed by atoms with Crippen LogP contribution in [-0.4, -0.2) is 48.3 Å². The monoisotopic (exact) mass is 420 g/mol. The molecule has 2 rings (SSSR count). The van der Waals surface area contributed by atoms with Gasteiger partial charge in [-0.15, -0.1) is 24.0 Å². The molecule has 1 fully saturated rings. The van der Waals surface area contributed by atoms with Crippen molar-refractivity contribution < 1.29 is 9.47 Å². The average Bonchev–Trinajstić information content (AvgIpc) is 3.00. The number of hydrogen-bond acceptors (Lipinski definition) is 4. The molecule has 22 heavy (non-hydrogen) atoms. The van der Waals surface area contributed by atoms with Crippen molar-refractivity contribution in [2.75, 3.05) is 26.3 Å². The zero-order valence-electron chi connectivity index (χ0n) is 13.2. The summed E-state index contributed by atoms with van der Waals surface area (Å²) >= 11 is 0. The van der Waals surface area contributed by atoms with Gasteiger partial charge < -0.3 is 20.1 Å². The van der Waals surface area contributed by atoms with E-state index in [0.29, 0.717) is 25.0 Å². The number of halogens is 1. The van der Waals surface area contributed by atoms with Crippen molar-refractivity contribution in [2.24, 2.45) is 10.7 Å². The second-order valence-corrected chi connectivity index (χ2v) is 4.95. The number of nitrogens with zero attached hydrogens (tertiary/aromatic N) is 3. The zero-order valence-corrected chi connectivity index (χ0v) is 15.5. The van der Waals surface area contributed by atoms with Crippen LogP contribution in [0.3, 0.4) is 0 Å². The SMILES string of the molecule is CCN(CC)C(N)=NCc1ccnc(OC2CCOC2)c1.I. The Morgan fingerprint density at radius 2 is 2.27 bits per heavy atom. The maximum Gasteiger partial charge on any atom is 0.213 e. The number of aromatic nitrogens is 1. The first-order chi connectivity index (χ1) is 10.2. The number of ether oxygens (including phenoxy) is 2. The third-order valence-electron chi connectivity index (χ3n) is 3.49. The lowest BCUT2D eigenvalue weighted by atomic mass is 10.2. The summed E-state index contributed by atoms with van der Waals surface area (Å²) in [5.41, 5.74) is 7.01. The molecule has 1 aliphatic heterocycles. The highest BCUT2D eigenvalue weighted by atomic mass is 127. The van der Waals surface area contributed by atoms with Gasteiger partial charge >= 0.3 is 0 Å². The molecule has 0 radical (unpaired) electrons. The van der Waals surface area contributed by atoms with Gasteiger partial charge in [0.1, 0.15) is 6.10 Å². The molecule has 0 amide bonds. The van der Waals surface area contributed by atoms with Crippen LogP contribution in [0.25, 0.3) is 0 Å². The normalized spacial score (nSPS) is 17.9. The molecule has 1 unspecified atom stereocenters. The summed E-state index contributed by atoms with van der Waals surface area (Å²) in [7, 11) is 0. The fourth-order valence-corrected chi connectivity index (χ4v) is 2.21. The van der Waals surface area contributed by atoms with E-state index in [0.717, 1.165) is 31.7 Å². The second kappa shape index (κ2) is 9.83. The Balaban J connectivity index is 0.00000242. The molecule has 0 spiro atoms. The fourth-order valence-electron chi connectivity index (χ4n) is 2.21. The minimum Gasteiger partial charge on any atom is -0.472 e. The van der Waals surface area contributed by atoms with Gasteiger partial charge in [0.2, 0.25) is 5.88 Å². The quantitative estimate of drug-likeness (QED) is 0.433. The molecule has 1 aliphatic rings. The van der Waals surface area contributed by atoms with E-state index in [9.17, 15) is 0 Å². The largest absolute Gasteiger partial charge is 0.472 e. The first-order valence-corrected chi connectivity index (χ1v) is 7.47. The van der Waals surface area contributed by atoms with Crippen LogP contribution in [0.4, 0.5) is 0 Å². The summed E-state index contributed by atoms with van der Waals surface area (Å²) < 4.78 is 11.1. The van der Waals surface area contributed by atoms with Crippen molar-refractivity contribution in [3.05, 3.63) is 23.9 Å². The van der Waals surface area contributed by atoms with E-state index >= 15 is 0 Å². The van der Waals surface area contributed by atoms with Gasteiger partial charge in [-0.1, -0.05) is 0 Å². The van der Waals surface area contributed by atoms with E-state index in [2.05, 4.69) is 23.8 Å². The summed E-state index contributed by atoms with van der Waals surface area (Å²) in [5, 5.41) is 0. The lowest BCUT2D eigenvalue weighted by molar-refractivity contribution is 0.138. The van der Waals surface area contributed by atoms with E-state index in [1.807, 2.05) is 17.0 Å². The maximum absolute atomic E-state index is 5.97. The molecular weight excluding hydrogens is 395 g/mol. The highest BCUT2D eigenvalue weighted by molar-refractivity contribution is 14.0. The van der Waals surface area contributed by atoms with Crippen LogP contribution in [0.2, 0.25) is 0 Å². The first kappa shape index (κ1) is 19.0. The van der Waals surface area contributed by atoms with E-state index in [-0.39, 0.29) is 30.1 Å². The van der Waals surface area contributed by atoms with Crippen LogP contribution in [0.5, 0.6) is 5.88 Å². The Morgan fingerprint density at radius 3 is 2.91 bits per heavy atom. The van der Waals surface area contributed by atoms with E-state index in [1.54, 1.807) is 6.20 Å². The Bertz CT molecular complexity index is 474. The Kier molecular flexibility index (Phi) is 8.47. The topological polar surface area (TPSA) is 73.0 Å². The van der Waals surface area contributed by atoms with Gasteiger partial charge in [-0.05, 0) is 25.5 Å². The molecule has 1 saturated heterocycles. The molecule has 2 heterocycles. The fraction of sp³-hybridized carbons (Fsp3) is 0.600. The number of guanidine groups is 1. The third kappa shape index (κ3) is 5.60. The van der Waals surface area contributed by atoms with Crippen LogP contribution >= 0.6 is 24.0 Å². The summed E-state index contributed by atoms with van der Waals surface area (Å²) in [4.78, 5) is 10.7. The summed E-state index contributed by atoms with van der Waals surface area (Å²) in [6, 6.07) is 3.84. The Hall–Kier alpha value is -1.09. The molecule has 0 bridgehead atoms. The molecule has 2 N–H and O–H groups in total. The first-order valence-electron chi connectivity index (χ1n) is 7.47. The highest BCUT2D eigenvalue weighted by Crippen LogP contribution is 2.16. The summed E-state index contributed by atoms with van der Waals surface area (Å²) in [6.07, 6.45) is 2.76. The number of pyridine rings is 1. The van der Waals surface area contributed by atoms with Crippen LogP contribution < -0.4 is 10.5 Å². The minimum atomic E-state index is 0. The molecule has 7 heteroatoms. The van der Waals surface area contributed by atoms with Crippen molar-refractivity contribution in [1.82, 2.24) is 9.88 Å². The smallest absolute Gasteiger partial charge is 0.213 e. The van der Waals surface area contributed by atoms with Gasteiger partial charge in [0, 0.05) is 31.8 Å². The molecule has 0 saturated carbocycles. The van der Waals surface area contributed by atoms with Crippen LogP contribution in [0, 0.1) is 0 Å². The number of hydrogen-bond donors (Lipinski definition) is 1. The second-order valence-electron chi connectivity index (χ2n) is 4.95. The molecule has 6 nitrogen and oxygen atoms in total. The minimum absolute atomic E-state index is 0. The highest BCUT2D eigenvalue weighted by Gasteiger charge is 2.17. The molecule has 124 valence electrons. The lowest BCUT2D eigenvalue weighted by Gasteiger charge is -2.19. The predicted molar refractivity (Wildman–Crippen MR) is 97.8 cm³/mol. The summed E-state index contributed by atoms with van der Waals surface area (Å²) in [5.74, 6) is 1.20. The lowest BCUT2D eigenvalue weighted by Crippen LogP contribution is -2.37.